The minimum Gasteiger partial charge on any atom is -0.493 e. The molecule has 4 amide bonds. The lowest BCUT2D eigenvalue weighted by Gasteiger charge is -2.26. The van der Waals surface area contributed by atoms with Gasteiger partial charge in [0.05, 0.1) is 25.5 Å². The van der Waals surface area contributed by atoms with Gasteiger partial charge in [-0.15, -0.1) is 0 Å². The summed E-state index contributed by atoms with van der Waals surface area (Å²) in [4.78, 5) is 39.0. The van der Waals surface area contributed by atoms with Gasteiger partial charge in [-0.2, -0.15) is 0 Å². The van der Waals surface area contributed by atoms with E-state index in [9.17, 15) is 14.4 Å². The van der Waals surface area contributed by atoms with Crippen LogP contribution in [0.4, 0.5) is 10.5 Å². The molecule has 0 radical (unpaired) electrons. The van der Waals surface area contributed by atoms with E-state index in [-0.39, 0.29) is 5.57 Å². The second kappa shape index (κ2) is 12.6. The van der Waals surface area contributed by atoms with Crippen LogP contribution in [0.3, 0.4) is 0 Å². The molecule has 8 nitrogen and oxygen atoms in total. The van der Waals surface area contributed by atoms with Crippen LogP contribution in [0.15, 0.2) is 76.8 Å². The Morgan fingerprint density at radius 2 is 1.61 bits per heavy atom. The molecule has 1 aliphatic rings. The van der Waals surface area contributed by atoms with Gasteiger partial charge in [0.2, 0.25) is 0 Å². The van der Waals surface area contributed by atoms with Crippen molar-refractivity contribution >= 4 is 57.1 Å². The summed E-state index contributed by atoms with van der Waals surface area (Å²) in [6.07, 6.45) is 2.05. The first kappa shape index (κ1) is 27.2. The second-order valence-electron chi connectivity index (χ2n) is 8.08. The number of urea groups is 1. The molecule has 1 N–H and O–H groups in total. The summed E-state index contributed by atoms with van der Waals surface area (Å²) in [5, 5.41) is 2.87. The average molecular weight is 600 g/mol. The van der Waals surface area contributed by atoms with E-state index in [1.165, 1.54) is 6.08 Å². The summed E-state index contributed by atoms with van der Waals surface area (Å²) in [5.41, 5.74) is 0.700. The van der Waals surface area contributed by atoms with Crippen LogP contribution in [-0.2, 0) is 9.59 Å². The average Bonchev–Trinajstić information content (AvgIpc) is 2.89. The predicted molar refractivity (Wildman–Crippen MR) is 148 cm³/mol. The zero-order chi connectivity index (χ0) is 27.1. The number of ether oxygens (including phenoxy) is 3. The molecule has 0 aromatic heterocycles. The number of carbonyl (C=O) groups is 3. The van der Waals surface area contributed by atoms with E-state index in [1.807, 2.05) is 6.92 Å². The van der Waals surface area contributed by atoms with E-state index in [4.69, 9.17) is 25.8 Å². The summed E-state index contributed by atoms with van der Waals surface area (Å²) in [6.45, 7) is 3.08. The van der Waals surface area contributed by atoms with Gasteiger partial charge in [0.1, 0.15) is 11.3 Å². The van der Waals surface area contributed by atoms with Crippen LogP contribution in [0.2, 0.25) is 5.02 Å². The second-order valence-corrected chi connectivity index (χ2v) is 9.43. The number of hydrogen-bond donors (Lipinski definition) is 1. The van der Waals surface area contributed by atoms with Crippen molar-refractivity contribution in [2.24, 2.45) is 0 Å². The van der Waals surface area contributed by atoms with Gasteiger partial charge < -0.3 is 14.2 Å². The molecule has 0 unspecified atom stereocenters. The van der Waals surface area contributed by atoms with Crippen molar-refractivity contribution in [3.8, 4) is 17.2 Å². The van der Waals surface area contributed by atoms with Crippen molar-refractivity contribution in [1.82, 2.24) is 5.32 Å². The molecule has 10 heteroatoms. The van der Waals surface area contributed by atoms with Crippen molar-refractivity contribution in [3.05, 3.63) is 87.4 Å². The molecule has 38 heavy (non-hydrogen) atoms. The van der Waals surface area contributed by atoms with Gasteiger partial charge in [-0.25, -0.2) is 9.69 Å². The van der Waals surface area contributed by atoms with E-state index in [0.29, 0.717) is 54.0 Å². The van der Waals surface area contributed by atoms with Crippen molar-refractivity contribution in [2.45, 2.75) is 13.3 Å². The van der Waals surface area contributed by atoms with Crippen molar-refractivity contribution < 1.29 is 28.6 Å². The quantitative estimate of drug-likeness (QED) is 0.174. The van der Waals surface area contributed by atoms with Gasteiger partial charge in [-0.05, 0) is 79.2 Å². The molecule has 196 valence electrons. The minimum atomic E-state index is -0.807. The molecule has 0 saturated carbocycles. The fourth-order valence-corrected chi connectivity index (χ4v) is 4.00. The molecule has 0 bridgehead atoms. The van der Waals surface area contributed by atoms with Gasteiger partial charge in [-0.3, -0.25) is 14.9 Å². The highest BCUT2D eigenvalue weighted by atomic mass is 79.9. The Morgan fingerprint density at radius 3 is 2.32 bits per heavy atom. The largest absolute Gasteiger partial charge is 0.493 e. The zero-order valence-electron chi connectivity index (χ0n) is 20.4. The molecule has 0 aliphatic carbocycles. The first-order chi connectivity index (χ1) is 18.4. The van der Waals surface area contributed by atoms with Crippen molar-refractivity contribution in [1.29, 1.82) is 0 Å². The monoisotopic (exact) mass is 598 g/mol. The topological polar surface area (TPSA) is 94.2 Å². The SMILES string of the molecule is CCOc1cc(C=C2C(=O)NC(=O)N(c3ccc(Br)cc3)C2=O)ccc1OCCCOc1ccc(Cl)cc1. The predicted octanol–water partition coefficient (Wildman–Crippen LogP) is 6.02. The number of hydrogen-bond acceptors (Lipinski definition) is 6. The van der Waals surface area contributed by atoms with Crippen LogP contribution in [-0.4, -0.2) is 37.7 Å². The standard InChI is InChI=1S/C28H24BrClN2O6/c1-2-36-25-17-18(4-13-24(25)38-15-3-14-37-22-11-7-20(30)8-12-22)16-23-26(33)31-28(35)32(27(23)34)21-9-5-19(29)6-10-21/h4-13,16-17H,2-3,14-15H2,1H3,(H,31,33,35). The van der Waals surface area contributed by atoms with E-state index in [2.05, 4.69) is 21.2 Å². The number of amides is 4. The Labute approximate surface area is 233 Å². The highest BCUT2D eigenvalue weighted by Gasteiger charge is 2.36. The lowest BCUT2D eigenvalue weighted by atomic mass is 10.1. The summed E-state index contributed by atoms with van der Waals surface area (Å²) in [6, 6.07) is 18.0. The molecular formula is C28H24BrClN2O6. The fraction of sp³-hybridized carbons (Fsp3) is 0.179. The Bertz CT molecular complexity index is 1360. The van der Waals surface area contributed by atoms with Gasteiger partial charge in [0.25, 0.3) is 11.8 Å². The van der Waals surface area contributed by atoms with Crippen LogP contribution < -0.4 is 24.4 Å². The van der Waals surface area contributed by atoms with E-state index in [0.717, 1.165) is 15.1 Å². The van der Waals surface area contributed by atoms with Gasteiger partial charge in [0, 0.05) is 15.9 Å². The van der Waals surface area contributed by atoms with E-state index < -0.39 is 17.8 Å². The van der Waals surface area contributed by atoms with Crippen LogP contribution in [0, 0.1) is 0 Å². The molecule has 1 saturated heterocycles. The third kappa shape index (κ3) is 6.73. The lowest BCUT2D eigenvalue weighted by molar-refractivity contribution is -0.122. The number of carbonyl (C=O) groups excluding carboxylic acids is 3. The number of anilines is 1. The summed E-state index contributed by atoms with van der Waals surface area (Å²) in [7, 11) is 0. The molecule has 4 rings (SSSR count). The number of benzene rings is 3. The normalized spacial score (nSPS) is 14.4. The molecule has 3 aromatic rings. The minimum absolute atomic E-state index is 0.178. The van der Waals surface area contributed by atoms with E-state index >= 15 is 0 Å². The van der Waals surface area contributed by atoms with Crippen molar-refractivity contribution in [2.75, 3.05) is 24.7 Å². The molecule has 0 atom stereocenters. The van der Waals surface area contributed by atoms with Gasteiger partial charge >= 0.3 is 6.03 Å². The highest BCUT2D eigenvalue weighted by Crippen LogP contribution is 2.30. The molecular weight excluding hydrogens is 576 g/mol. The molecule has 0 spiro atoms. The van der Waals surface area contributed by atoms with E-state index in [1.54, 1.807) is 66.7 Å². The number of nitrogens with zero attached hydrogens (tertiary/aromatic N) is 1. The summed E-state index contributed by atoms with van der Waals surface area (Å²) >= 11 is 9.21. The Kier molecular flexibility index (Phi) is 9.04. The third-order valence-electron chi connectivity index (χ3n) is 5.39. The van der Waals surface area contributed by atoms with Crippen LogP contribution in [0.1, 0.15) is 18.9 Å². The van der Waals surface area contributed by atoms with Gasteiger partial charge in [-0.1, -0.05) is 33.6 Å². The number of nitrogens with one attached hydrogen (secondary N) is 1. The first-order valence-corrected chi connectivity index (χ1v) is 13.0. The molecule has 1 fully saturated rings. The Balaban J connectivity index is 1.45. The lowest BCUT2D eigenvalue weighted by Crippen LogP contribution is -2.54. The van der Waals surface area contributed by atoms with Crippen molar-refractivity contribution in [3.63, 3.8) is 0 Å². The first-order valence-electron chi connectivity index (χ1n) is 11.8. The Hall–Kier alpha value is -3.82. The Morgan fingerprint density at radius 1 is 0.895 bits per heavy atom. The maximum atomic E-state index is 13.1. The smallest absolute Gasteiger partial charge is 0.335 e. The fourth-order valence-electron chi connectivity index (χ4n) is 3.61. The van der Waals surface area contributed by atoms with Crippen LogP contribution >= 0.6 is 27.5 Å². The maximum Gasteiger partial charge on any atom is 0.335 e. The summed E-state index contributed by atoms with van der Waals surface area (Å²) < 4.78 is 18.1. The maximum absolute atomic E-state index is 13.1. The van der Waals surface area contributed by atoms with Gasteiger partial charge in [0.15, 0.2) is 11.5 Å². The molecule has 3 aromatic carbocycles. The van der Waals surface area contributed by atoms with Crippen LogP contribution in [0.5, 0.6) is 17.2 Å². The number of halogens is 2. The summed E-state index contributed by atoms with van der Waals surface area (Å²) in [5.74, 6) is 0.215. The third-order valence-corrected chi connectivity index (χ3v) is 6.17. The molecule has 1 heterocycles. The zero-order valence-corrected chi connectivity index (χ0v) is 22.8. The number of barbiturate groups is 1. The number of rotatable bonds is 10. The molecule has 1 aliphatic heterocycles. The highest BCUT2D eigenvalue weighted by molar-refractivity contribution is 9.10. The van der Waals surface area contributed by atoms with Crippen LogP contribution in [0.25, 0.3) is 6.08 Å². The number of imide groups is 2.